The lowest BCUT2D eigenvalue weighted by atomic mass is 10.1. The molecule has 0 amide bonds. The first-order chi connectivity index (χ1) is 8.38. The van der Waals surface area contributed by atoms with Crippen LogP contribution in [-0.4, -0.2) is 16.1 Å². The van der Waals surface area contributed by atoms with Crippen molar-refractivity contribution in [2.75, 3.05) is 6.54 Å². The minimum absolute atomic E-state index is 0.465. The summed E-state index contributed by atoms with van der Waals surface area (Å²) in [6.07, 6.45) is 10.2. The van der Waals surface area contributed by atoms with Crippen molar-refractivity contribution in [2.45, 2.75) is 64.0 Å². The molecule has 94 valence electrons. The molecule has 0 spiro atoms. The van der Waals surface area contributed by atoms with Crippen molar-refractivity contribution in [1.29, 1.82) is 0 Å². The SMILES string of the molecule is CC[C@@H]1NCCCn2cc(C3CCCC3)nc21. The van der Waals surface area contributed by atoms with E-state index < -0.39 is 0 Å². The van der Waals surface area contributed by atoms with Gasteiger partial charge in [0.15, 0.2) is 0 Å². The van der Waals surface area contributed by atoms with E-state index in [0.717, 1.165) is 25.4 Å². The number of aryl methyl sites for hydroxylation is 1. The van der Waals surface area contributed by atoms with Crippen molar-refractivity contribution >= 4 is 0 Å². The Morgan fingerprint density at radius 2 is 2.18 bits per heavy atom. The maximum absolute atomic E-state index is 4.95. The van der Waals surface area contributed by atoms with E-state index in [4.69, 9.17) is 4.98 Å². The third-order valence-corrected chi connectivity index (χ3v) is 4.29. The molecule has 1 aliphatic heterocycles. The van der Waals surface area contributed by atoms with E-state index in [9.17, 15) is 0 Å². The molecule has 1 aromatic rings. The van der Waals surface area contributed by atoms with Gasteiger partial charge in [0.05, 0.1) is 11.7 Å². The zero-order chi connectivity index (χ0) is 11.7. The van der Waals surface area contributed by atoms with Gasteiger partial charge >= 0.3 is 0 Å². The van der Waals surface area contributed by atoms with Crippen LogP contribution in [0.25, 0.3) is 0 Å². The van der Waals surface area contributed by atoms with Crippen LogP contribution in [0.4, 0.5) is 0 Å². The Labute approximate surface area is 104 Å². The lowest BCUT2D eigenvalue weighted by Gasteiger charge is -2.13. The number of aromatic nitrogens is 2. The molecule has 17 heavy (non-hydrogen) atoms. The Morgan fingerprint density at radius 3 is 2.94 bits per heavy atom. The number of fused-ring (bicyclic) bond motifs is 1. The number of hydrogen-bond acceptors (Lipinski definition) is 2. The molecule has 0 saturated heterocycles. The Morgan fingerprint density at radius 1 is 1.35 bits per heavy atom. The molecule has 0 bridgehead atoms. The second kappa shape index (κ2) is 4.81. The van der Waals surface area contributed by atoms with Crippen LogP contribution in [0.5, 0.6) is 0 Å². The fraction of sp³-hybridized carbons (Fsp3) is 0.786. The molecule has 3 rings (SSSR count). The van der Waals surface area contributed by atoms with Gasteiger partial charge in [0.2, 0.25) is 0 Å². The fourth-order valence-corrected chi connectivity index (χ4v) is 3.27. The largest absolute Gasteiger partial charge is 0.333 e. The molecule has 1 N–H and O–H groups in total. The van der Waals surface area contributed by atoms with Crippen LogP contribution in [0.2, 0.25) is 0 Å². The van der Waals surface area contributed by atoms with E-state index in [1.54, 1.807) is 0 Å². The van der Waals surface area contributed by atoms with E-state index >= 15 is 0 Å². The van der Waals surface area contributed by atoms with Crippen molar-refractivity contribution in [3.8, 4) is 0 Å². The number of nitrogens with one attached hydrogen (secondary N) is 1. The second-order valence-corrected chi connectivity index (χ2v) is 5.47. The Bertz CT molecular complexity index is 377. The third-order valence-electron chi connectivity index (χ3n) is 4.29. The first kappa shape index (κ1) is 11.3. The van der Waals surface area contributed by atoms with E-state index in [-0.39, 0.29) is 0 Å². The monoisotopic (exact) mass is 233 g/mol. The smallest absolute Gasteiger partial charge is 0.126 e. The molecule has 1 saturated carbocycles. The van der Waals surface area contributed by atoms with Gasteiger partial charge < -0.3 is 9.88 Å². The summed E-state index contributed by atoms with van der Waals surface area (Å²) >= 11 is 0. The van der Waals surface area contributed by atoms with E-state index in [0.29, 0.717) is 6.04 Å². The minimum Gasteiger partial charge on any atom is -0.333 e. The maximum Gasteiger partial charge on any atom is 0.126 e. The number of imidazole rings is 1. The van der Waals surface area contributed by atoms with Crippen LogP contribution in [0, 0.1) is 0 Å². The molecule has 0 aromatic carbocycles. The van der Waals surface area contributed by atoms with Crippen molar-refractivity contribution < 1.29 is 0 Å². The lowest BCUT2D eigenvalue weighted by Crippen LogP contribution is -2.21. The van der Waals surface area contributed by atoms with Crippen LogP contribution < -0.4 is 5.32 Å². The van der Waals surface area contributed by atoms with Gasteiger partial charge in [-0.1, -0.05) is 19.8 Å². The Hall–Kier alpha value is -0.830. The molecule has 2 aliphatic rings. The summed E-state index contributed by atoms with van der Waals surface area (Å²) < 4.78 is 2.40. The van der Waals surface area contributed by atoms with Gasteiger partial charge in [0, 0.05) is 18.7 Å². The van der Waals surface area contributed by atoms with Crippen LogP contribution in [0.1, 0.15) is 68.9 Å². The normalized spacial score (nSPS) is 25.8. The summed E-state index contributed by atoms with van der Waals surface area (Å²) in [5, 5.41) is 3.61. The fourth-order valence-electron chi connectivity index (χ4n) is 3.27. The zero-order valence-electron chi connectivity index (χ0n) is 10.8. The predicted octanol–water partition coefficient (Wildman–Crippen LogP) is 2.99. The highest BCUT2D eigenvalue weighted by atomic mass is 15.1. The van der Waals surface area contributed by atoms with Gasteiger partial charge in [-0.25, -0.2) is 4.98 Å². The molecule has 1 fully saturated rings. The summed E-state index contributed by atoms with van der Waals surface area (Å²) in [4.78, 5) is 4.95. The highest BCUT2D eigenvalue weighted by molar-refractivity contribution is 5.14. The molecule has 0 radical (unpaired) electrons. The van der Waals surface area contributed by atoms with E-state index in [1.165, 1.54) is 43.6 Å². The Kier molecular flexibility index (Phi) is 3.19. The zero-order valence-corrected chi connectivity index (χ0v) is 10.8. The van der Waals surface area contributed by atoms with Crippen molar-refractivity contribution in [1.82, 2.24) is 14.9 Å². The first-order valence-corrected chi connectivity index (χ1v) is 7.19. The highest BCUT2D eigenvalue weighted by Gasteiger charge is 2.24. The standard InChI is InChI=1S/C14H23N3/c1-2-12-14-16-13(11-6-3-4-7-11)10-17(14)9-5-8-15-12/h10-12,15H,2-9H2,1H3/t12-/m0/s1. The van der Waals surface area contributed by atoms with Crippen LogP contribution >= 0.6 is 0 Å². The van der Waals surface area contributed by atoms with Crippen molar-refractivity contribution in [2.24, 2.45) is 0 Å². The molecular formula is C14H23N3. The van der Waals surface area contributed by atoms with Crippen LogP contribution in [0.3, 0.4) is 0 Å². The molecule has 2 heterocycles. The first-order valence-electron chi connectivity index (χ1n) is 7.19. The van der Waals surface area contributed by atoms with Gasteiger partial charge in [-0.05, 0) is 32.2 Å². The highest BCUT2D eigenvalue weighted by Crippen LogP contribution is 2.34. The maximum atomic E-state index is 4.95. The molecular weight excluding hydrogens is 210 g/mol. The van der Waals surface area contributed by atoms with Gasteiger partial charge in [0.1, 0.15) is 5.82 Å². The van der Waals surface area contributed by atoms with E-state index in [2.05, 4.69) is 23.0 Å². The van der Waals surface area contributed by atoms with Gasteiger partial charge in [-0.3, -0.25) is 0 Å². The van der Waals surface area contributed by atoms with Crippen LogP contribution in [-0.2, 0) is 6.54 Å². The summed E-state index contributed by atoms with van der Waals surface area (Å²) in [5.41, 5.74) is 1.36. The number of hydrogen-bond donors (Lipinski definition) is 1. The molecule has 1 aliphatic carbocycles. The van der Waals surface area contributed by atoms with Crippen molar-refractivity contribution in [3.05, 3.63) is 17.7 Å². The number of rotatable bonds is 2. The average molecular weight is 233 g/mol. The topological polar surface area (TPSA) is 29.9 Å². The molecule has 0 unspecified atom stereocenters. The Balaban J connectivity index is 1.89. The molecule has 3 heteroatoms. The average Bonchev–Trinajstić information content (AvgIpc) is 2.96. The molecule has 1 atom stereocenters. The number of nitrogens with zero attached hydrogens (tertiary/aromatic N) is 2. The predicted molar refractivity (Wildman–Crippen MR) is 69.1 cm³/mol. The molecule has 1 aromatic heterocycles. The summed E-state index contributed by atoms with van der Waals surface area (Å²) in [7, 11) is 0. The van der Waals surface area contributed by atoms with Crippen LogP contribution in [0.15, 0.2) is 6.20 Å². The summed E-state index contributed by atoms with van der Waals surface area (Å²) in [6.45, 7) is 4.51. The van der Waals surface area contributed by atoms with Gasteiger partial charge in [-0.15, -0.1) is 0 Å². The lowest BCUT2D eigenvalue weighted by molar-refractivity contribution is 0.512. The second-order valence-electron chi connectivity index (χ2n) is 5.47. The van der Waals surface area contributed by atoms with Gasteiger partial charge in [-0.2, -0.15) is 0 Å². The van der Waals surface area contributed by atoms with Crippen molar-refractivity contribution in [3.63, 3.8) is 0 Å². The third kappa shape index (κ3) is 2.13. The minimum atomic E-state index is 0.465. The molecule has 3 nitrogen and oxygen atoms in total. The summed E-state index contributed by atoms with van der Waals surface area (Å²) in [5.74, 6) is 2.03. The van der Waals surface area contributed by atoms with Gasteiger partial charge in [0.25, 0.3) is 0 Å². The quantitative estimate of drug-likeness (QED) is 0.851. The van der Waals surface area contributed by atoms with E-state index in [1.807, 2.05) is 0 Å². The summed E-state index contributed by atoms with van der Waals surface area (Å²) in [6, 6.07) is 0.465.